The summed E-state index contributed by atoms with van der Waals surface area (Å²) in [7, 11) is 3.76. The average molecular weight is 332 g/mol. The van der Waals surface area contributed by atoms with Gasteiger partial charge >= 0.3 is 0 Å². The van der Waals surface area contributed by atoms with Crippen molar-refractivity contribution in [3.05, 3.63) is 53.6 Å². The summed E-state index contributed by atoms with van der Waals surface area (Å²) in [5, 5.41) is 7.18. The number of carbonyl (C=O) groups excluding carboxylic acids is 1. The van der Waals surface area contributed by atoms with Gasteiger partial charge in [-0.25, -0.2) is 4.39 Å². The molecule has 0 aliphatic rings. The van der Waals surface area contributed by atoms with Crippen molar-refractivity contribution in [2.24, 2.45) is 13.0 Å². The van der Waals surface area contributed by atoms with Crippen LogP contribution in [0.5, 0.6) is 0 Å². The Kier molecular flexibility index (Phi) is 6.09. The molecule has 1 atom stereocenters. The Morgan fingerprint density at radius 1 is 1.33 bits per heavy atom. The zero-order chi connectivity index (χ0) is 17.7. The maximum Gasteiger partial charge on any atom is 0.234 e. The van der Waals surface area contributed by atoms with Gasteiger partial charge in [0.2, 0.25) is 5.91 Å². The van der Waals surface area contributed by atoms with Gasteiger partial charge in [0, 0.05) is 25.4 Å². The zero-order valence-electron chi connectivity index (χ0n) is 14.7. The van der Waals surface area contributed by atoms with E-state index >= 15 is 0 Å². The first kappa shape index (κ1) is 18.1. The van der Waals surface area contributed by atoms with Crippen molar-refractivity contribution in [1.29, 1.82) is 0 Å². The van der Waals surface area contributed by atoms with E-state index in [1.54, 1.807) is 23.0 Å². The molecule has 0 saturated carbocycles. The largest absolute Gasteiger partial charge is 0.348 e. The van der Waals surface area contributed by atoms with Crippen LogP contribution in [0.15, 0.2) is 36.7 Å². The van der Waals surface area contributed by atoms with E-state index in [4.69, 9.17) is 0 Å². The Balaban J connectivity index is 1.94. The summed E-state index contributed by atoms with van der Waals surface area (Å²) in [6.45, 7) is 5.02. The first-order valence-electron chi connectivity index (χ1n) is 8.06. The number of halogens is 1. The molecule has 6 heteroatoms. The van der Waals surface area contributed by atoms with Gasteiger partial charge in [-0.2, -0.15) is 5.10 Å². The van der Waals surface area contributed by atoms with Crippen molar-refractivity contribution in [3.8, 4) is 0 Å². The number of hydrogen-bond acceptors (Lipinski definition) is 3. The summed E-state index contributed by atoms with van der Waals surface area (Å²) in [4.78, 5) is 14.3. The standard InChI is InChI=1S/C18H25FN4O/c1-13(2)18(15-5-7-16(19)8-6-15)21-17(24)12-22(3)10-14-9-20-23(4)11-14/h5-9,11,13,18H,10,12H2,1-4H3,(H,21,24). The number of aryl methyl sites for hydroxylation is 1. The Morgan fingerprint density at radius 2 is 2.00 bits per heavy atom. The van der Waals surface area contributed by atoms with Crippen LogP contribution < -0.4 is 5.32 Å². The minimum atomic E-state index is -0.274. The number of aromatic nitrogens is 2. The van der Waals surface area contributed by atoms with Crippen molar-refractivity contribution < 1.29 is 9.18 Å². The van der Waals surface area contributed by atoms with E-state index in [0.717, 1.165) is 11.1 Å². The van der Waals surface area contributed by atoms with Gasteiger partial charge in [-0.1, -0.05) is 26.0 Å². The van der Waals surface area contributed by atoms with Gasteiger partial charge in [-0.3, -0.25) is 14.4 Å². The first-order chi connectivity index (χ1) is 11.3. The number of amides is 1. The van der Waals surface area contributed by atoms with Crippen LogP contribution in [-0.4, -0.2) is 34.2 Å². The fourth-order valence-electron chi connectivity index (χ4n) is 2.69. The fraction of sp³-hybridized carbons (Fsp3) is 0.444. The van der Waals surface area contributed by atoms with Crippen LogP contribution in [0.1, 0.15) is 31.0 Å². The predicted octanol–water partition coefficient (Wildman–Crippen LogP) is 2.50. The number of carbonyl (C=O) groups is 1. The van der Waals surface area contributed by atoms with Gasteiger partial charge in [-0.15, -0.1) is 0 Å². The Bertz CT molecular complexity index is 666. The normalized spacial score (nSPS) is 12.6. The summed E-state index contributed by atoms with van der Waals surface area (Å²) in [6.07, 6.45) is 3.73. The highest BCUT2D eigenvalue weighted by molar-refractivity contribution is 5.78. The number of likely N-dealkylation sites (N-methyl/N-ethyl adjacent to an activating group) is 1. The molecular formula is C18H25FN4O. The lowest BCUT2D eigenvalue weighted by molar-refractivity contribution is -0.123. The van der Waals surface area contributed by atoms with Crippen molar-refractivity contribution in [2.75, 3.05) is 13.6 Å². The average Bonchev–Trinajstić information content (AvgIpc) is 2.90. The van der Waals surface area contributed by atoms with Gasteiger partial charge in [-0.05, 0) is 30.7 Å². The zero-order valence-corrected chi connectivity index (χ0v) is 14.7. The van der Waals surface area contributed by atoms with Crippen LogP contribution in [0.25, 0.3) is 0 Å². The highest BCUT2D eigenvalue weighted by atomic mass is 19.1. The van der Waals surface area contributed by atoms with Gasteiger partial charge in [0.05, 0.1) is 18.8 Å². The predicted molar refractivity (Wildman–Crippen MR) is 91.7 cm³/mol. The molecule has 0 fully saturated rings. The second kappa shape index (κ2) is 8.06. The third kappa shape index (κ3) is 5.16. The lowest BCUT2D eigenvalue weighted by Gasteiger charge is -2.24. The number of nitrogens with one attached hydrogen (secondary N) is 1. The van der Waals surface area contributed by atoms with E-state index in [0.29, 0.717) is 13.1 Å². The molecule has 0 bridgehead atoms. The van der Waals surface area contributed by atoms with E-state index in [-0.39, 0.29) is 23.7 Å². The molecule has 1 amide bonds. The van der Waals surface area contributed by atoms with Crippen molar-refractivity contribution in [2.45, 2.75) is 26.4 Å². The molecular weight excluding hydrogens is 307 g/mol. The van der Waals surface area contributed by atoms with Gasteiger partial charge < -0.3 is 5.32 Å². The molecule has 5 nitrogen and oxygen atoms in total. The summed E-state index contributed by atoms with van der Waals surface area (Å²) in [5.41, 5.74) is 1.97. The third-order valence-electron chi connectivity index (χ3n) is 3.84. The van der Waals surface area contributed by atoms with E-state index < -0.39 is 0 Å². The molecule has 0 saturated heterocycles. The Hall–Kier alpha value is -2.21. The number of rotatable bonds is 7. The van der Waals surface area contributed by atoms with E-state index in [1.807, 2.05) is 39.0 Å². The van der Waals surface area contributed by atoms with Gasteiger partial charge in [0.15, 0.2) is 0 Å². The quantitative estimate of drug-likeness (QED) is 0.847. The van der Waals surface area contributed by atoms with Crippen molar-refractivity contribution in [3.63, 3.8) is 0 Å². The van der Waals surface area contributed by atoms with Crippen LogP contribution >= 0.6 is 0 Å². The van der Waals surface area contributed by atoms with Crippen molar-refractivity contribution >= 4 is 5.91 Å². The monoisotopic (exact) mass is 332 g/mol. The van der Waals surface area contributed by atoms with E-state index in [2.05, 4.69) is 10.4 Å². The molecule has 1 N–H and O–H groups in total. The molecule has 24 heavy (non-hydrogen) atoms. The first-order valence-corrected chi connectivity index (χ1v) is 8.06. The van der Waals surface area contributed by atoms with Crippen LogP contribution in [0.3, 0.4) is 0 Å². The minimum absolute atomic E-state index is 0.0515. The van der Waals surface area contributed by atoms with Gasteiger partial charge in [0.1, 0.15) is 5.82 Å². The molecule has 0 aliphatic carbocycles. The maximum atomic E-state index is 13.1. The van der Waals surface area contributed by atoms with E-state index in [1.165, 1.54) is 12.1 Å². The molecule has 0 aliphatic heterocycles. The number of hydrogen-bond donors (Lipinski definition) is 1. The number of benzene rings is 1. The lowest BCUT2D eigenvalue weighted by atomic mass is 9.96. The van der Waals surface area contributed by atoms with Crippen LogP contribution in [0.4, 0.5) is 4.39 Å². The van der Waals surface area contributed by atoms with Crippen LogP contribution in [0.2, 0.25) is 0 Å². The Morgan fingerprint density at radius 3 is 2.54 bits per heavy atom. The summed E-state index contributed by atoms with van der Waals surface area (Å²) in [6, 6.07) is 6.15. The molecule has 1 heterocycles. The fourth-order valence-corrected chi connectivity index (χ4v) is 2.69. The second-order valence-electron chi connectivity index (χ2n) is 6.54. The summed E-state index contributed by atoms with van der Waals surface area (Å²) < 4.78 is 14.8. The second-order valence-corrected chi connectivity index (χ2v) is 6.54. The highest BCUT2D eigenvalue weighted by Gasteiger charge is 2.19. The molecule has 2 rings (SSSR count). The van der Waals surface area contributed by atoms with E-state index in [9.17, 15) is 9.18 Å². The highest BCUT2D eigenvalue weighted by Crippen LogP contribution is 2.21. The molecule has 1 aromatic heterocycles. The molecule has 1 aromatic carbocycles. The van der Waals surface area contributed by atoms with Crippen molar-refractivity contribution in [1.82, 2.24) is 20.0 Å². The molecule has 130 valence electrons. The van der Waals surface area contributed by atoms with Crippen LogP contribution in [0, 0.1) is 11.7 Å². The molecule has 2 aromatic rings. The molecule has 0 radical (unpaired) electrons. The SMILES string of the molecule is CC(C)C(NC(=O)CN(C)Cc1cnn(C)c1)c1ccc(F)cc1. The molecule has 0 spiro atoms. The number of nitrogens with zero attached hydrogens (tertiary/aromatic N) is 3. The summed E-state index contributed by atoms with van der Waals surface area (Å²) >= 11 is 0. The lowest BCUT2D eigenvalue weighted by Crippen LogP contribution is -2.38. The maximum absolute atomic E-state index is 13.1. The molecule has 1 unspecified atom stereocenters. The minimum Gasteiger partial charge on any atom is -0.348 e. The Labute approximate surface area is 142 Å². The summed E-state index contributed by atoms with van der Waals surface area (Å²) in [5.74, 6) is -0.115. The third-order valence-corrected chi connectivity index (χ3v) is 3.84. The smallest absolute Gasteiger partial charge is 0.234 e. The topological polar surface area (TPSA) is 50.2 Å². The van der Waals surface area contributed by atoms with Gasteiger partial charge in [0.25, 0.3) is 0 Å². The van der Waals surface area contributed by atoms with Crippen LogP contribution in [-0.2, 0) is 18.4 Å².